The third kappa shape index (κ3) is 8.53. The second-order valence-corrected chi connectivity index (χ2v) is 8.70. The molecule has 0 aromatic carbocycles. The predicted molar refractivity (Wildman–Crippen MR) is 123 cm³/mol. The van der Waals surface area contributed by atoms with Crippen LogP contribution in [0.25, 0.3) is 0 Å². The van der Waals surface area contributed by atoms with Crippen molar-refractivity contribution in [1.29, 1.82) is 0 Å². The Bertz CT molecular complexity index is 979. The molecule has 2 aliphatic rings. The lowest BCUT2D eigenvalue weighted by Crippen LogP contribution is -2.30. The van der Waals surface area contributed by atoms with Crippen molar-refractivity contribution in [2.45, 2.75) is 57.3 Å². The highest BCUT2D eigenvalue weighted by molar-refractivity contribution is 6.32. The van der Waals surface area contributed by atoms with E-state index in [1.54, 1.807) is 10.9 Å². The zero-order chi connectivity index (χ0) is 25.3. The smallest absolute Gasteiger partial charge is 0.480 e. The number of ether oxygens (including phenoxy) is 3. The van der Waals surface area contributed by atoms with Crippen LogP contribution in [0.3, 0.4) is 0 Å². The van der Waals surface area contributed by atoms with E-state index >= 15 is 0 Å². The Morgan fingerprint density at radius 3 is 2.43 bits per heavy atom. The van der Waals surface area contributed by atoms with Gasteiger partial charge in [-0.15, -0.1) is 13.2 Å². The van der Waals surface area contributed by atoms with Crippen LogP contribution in [0.2, 0.25) is 5.02 Å². The van der Waals surface area contributed by atoms with Gasteiger partial charge in [0.2, 0.25) is 11.8 Å². The first kappa shape index (κ1) is 27.0. The molecule has 1 unspecified atom stereocenters. The average Bonchev–Trinajstić information content (AvgIpc) is 2.86. The minimum atomic E-state index is -4.75. The van der Waals surface area contributed by atoms with Crippen molar-refractivity contribution in [3.8, 4) is 11.8 Å². The Balaban J connectivity index is 0.000000225. The number of nitrogens with one attached hydrogen (secondary N) is 1. The Morgan fingerprint density at radius 2 is 1.83 bits per heavy atom. The van der Waals surface area contributed by atoms with Gasteiger partial charge in [-0.25, -0.2) is 14.6 Å². The van der Waals surface area contributed by atoms with Gasteiger partial charge in [-0.3, -0.25) is 4.79 Å². The molecule has 1 saturated carbocycles. The Morgan fingerprint density at radius 1 is 1.11 bits per heavy atom. The molecule has 9 nitrogen and oxygen atoms in total. The summed E-state index contributed by atoms with van der Waals surface area (Å²) in [5.41, 5.74) is 0.475. The number of halogens is 4. The maximum atomic E-state index is 12.4. The first-order valence-corrected chi connectivity index (χ1v) is 11.9. The van der Waals surface area contributed by atoms with Crippen molar-refractivity contribution in [2.75, 3.05) is 32.2 Å². The van der Waals surface area contributed by atoms with Crippen LogP contribution in [0.5, 0.6) is 11.8 Å². The van der Waals surface area contributed by atoms with E-state index in [1.807, 2.05) is 0 Å². The second-order valence-electron chi connectivity index (χ2n) is 8.32. The van der Waals surface area contributed by atoms with Gasteiger partial charge >= 0.3 is 6.36 Å². The summed E-state index contributed by atoms with van der Waals surface area (Å²) in [6, 6.07) is 0.208. The molecule has 0 bridgehead atoms. The fraction of sp³-hybridized carbons (Fsp3) is 0.636. The molecule has 0 amide bonds. The maximum Gasteiger partial charge on any atom is 0.574 e. The molecular formula is C22H29ClF3N5O4. The van der Waals surface area contributed by atoms with Gasteiger partial charge in [-0.1, -0.05) is 30.9 Å². The third-order valence-electron chi connectivity index (χ3n) is 5.73. The summed E-state index contributed by atoms with van der Waals surface area (Å²) in [7, 11) is 1.33. The lowest BCUT2D eigenvalue weighted by atomic mass is 9.96. The van der Waals surface area contributed by atoms with Crippen LogP contribution in [-0.2, 0) is 4.74 Å². The van der Waals surface area contributed by atoms with E-state index in [4.69, 9.17) is 16.3 Å². The number of aromatic nitrogens is 4. The number of rotatable bonds is 6. The molecule has 35 heavy (non-hydrogen) atoms. The largest absolute Gasteiger partial charge is 0.574 e. The van der Waals surface area contributed by atoms with Gasteiger partial charge in [0.1, 0.15) is 5.02 Å². The summed E-state index contributed by atoms with van der Waals surface area (Å²) in [4.78, 5) is 19.2. The van der Waals surface area contributed by atoms with Crippen molar-refractivity contribution in [3.05, 3.63) is 34.0 Å². The summed E-state index contributed by atoms with van der Waals surface area (Å²) >= 11 is 6.27. The molecule has 2 aromatic rings. The van der Waals surface area contributed by atoms with Crippen molar-refractivity contribution < 1.29 is 27.4 Å². The summed E-state index contributed by atoms with van der Waals surface area (Å²) < 4.78 is 49.9. The normalized spacial score (nSPS) is 18.8. The predicted octanol–water partition coefficient (Wildman–Crippen LogP) is 4.62. The Kier molecular flexibility index (Phi) is 9.96. The van der Waals surface area contributed by atoms with Gasteiger partial charge < -0.3 is 19.5 Å². The number of hydrogen-bond donors (Lipinski definition) is 1. The molecule has 1 aliphatic carbocycles. The zero-order valence-electron chi connectivity index (χ0n) is 19.4. The Labute approximate surface area is 206 Å². The minimum absolute atomic E-state index is 0.120. The first-order valence-electron chi connectivity index (χ1n) is 11.5. The number of alkyl halides is 3. The molecule has 2 aromatic heterocycles. The highest BCUT2D eigenvalue weighted by Crippen LogP contribution is 2.27. The van der Waals surface area contributed by atoms with Crippen LogP contribution in [0, 0.1) is 5.92 Å². The maximum absolute atomic E-state index is 12.4. The lowest BCUT2D eigenvalue weighted by molar-refractivity contribution is -0.276. The van der Waals surface area contributed by atoms with Crippen molar-refractivity contribution in [3.63, 3.8) is 0 Å². The summed E-state index contributed by atoms with van der Waals surface area (Å²) in [5.74, 6) is -0.0200. The first-order chi connectivity index (χ1) is 16.8. The van der Waals surface area contributed by atoms with E-state index in [2.05, 4.69) is 29.9 Å². The zero-order valence-corrected chi connectivity index (χ0v) is 20.1. The summed E-state index contributed by atoms with van der Waals surface area (Å²) in [6.45, 7) is 2.40. The van der Waals surface area contributed by atoms with Gasteiger partial charge in [0.15, 0.2) is 0 Å². The van der Waals surface area contributed by atoms with Crippen LogP contribution < -0.4 is 20.3 Å². The third-order valence-corrected chi connectivity index (χ3v) is 6.10. The van der Waals surface area contributed by atoms with Gasteiger partial charge in [-0.2, -0.15) is 5.10 Å². The molecule has 3 heterocycles. The van der Waals surface area contributed by atoms with Crippen molar-refractivity contribution in [1.82, 2.24) is 19.7 Å². The summed E-state index contributed by atoms with van der Waals surface area (Å²) in [6.07, 6.45) is 6.68. The van der Waals surface area contributed by atoms with E-state index in [0.717, 1.165) is 70.7 Å². The molecule has 1 saturated heterocycles. The van der Waals surface area contributed by atoms with Crippen LogP contribution in [0.15, 0.2) is 23.4 Å². The van der Waals surface area contributed by atoms with Gasteiger partial charge in [0.05, 0.1) is 44.0 Å². The molecule has 194 valence electrons. The molecule has 13 heteroatoms. The lowest BCUT2D eigenvalue weighted by Gasteiger charge is -2.24. The molecule has 1 aliphatic heterocycles. The monoisotopic (exact) mass is 519 g/mol. The van der Waals surface area contributed by atoms with Gasteiger partial charge in [-0.05, 0) is 31.6 Å². The van der Waals surface area contributed by atoms with E-state index < -0.39 is 12.2 Å². The van der Waals surface area contributed by atoms with E-state index in [0.29, 0.717) is 11.6 Å². The molecule has 0 spiro atoms. The number of nitrogens with zero attached hydrogens (tertiary/aromatic N) is 4. The van der Waals surface area contributed by atoms with E-state index in [9.17, 15) is 18.0 Å². The summed E-state index contributed by atoms with van der Waals surface area (Å²) in [5, 5.41) is 7.88. The van der Waals surface area contributed by atoms with Gasteiger partial charge in [0.25, 0.3) is 5.56 Å². The fourth-order valence-corrected chi connectivity index (χ4v) is 4.16. The molecule has 0 radical (unpaired) electrons. The Hall–Kier alpha value is -2.60. The number of hydrogen-bond acceptors (Lipinski definition) is 8. The van der Waals surface area contributed by atoms with E-state index in [-0.39, 0.29) is 22.5 Å². The van der Waals surface area contributed by atoms with Crippen LogP contribution >= 0.6 is 11.6 Å². The molecule has 2 fully saturated rings. The molecule has 1 N–H and O–H groups in total. The molecule has 4 rings (SSSR count). The van der Waals surface area contributed by atoms with Crippen LogP contribution in [0.1, 0.15) is 51.0 Å². The van der Waals surface area contributed by atoms with E-state index in [1.165, 1.54) is 13.5 Å². The van der Waals surface area contributed by atoms with Crippen molar-refractivity contribution >= 4 is 17.3 Å². The molecular weight excluding hydrogens is 491 g/mol. The quantitative estimate of drug-likeness (QED) is 0.590. The second kappa shape index (κ2) is 12.9. The SMILES string of the molecule is COc1cnc(OC(F)(F)F)cn1.O=c1c(Cl)c(NCC2CCCOC2)cnn1C1CCCCC1. The number of anilines is 1. The highest BCUT2D eigenvalue weighted by atomic mass is 35.5. The number of methoxy groups -OCH3 is 1. The standard InChI is InChI=1S/C16H24ClN3O2.C6H5F3N2O2/c17-15-14(18-9-12-5-4-8-22-11-12)10-19-20(16(15)21)13-6-2-1-3-7-13;1-12-4-2-11-5(3-10-4)13-6(7,8)9/h10,12-13,18H,1-9,11H2;2-3H,1H3. The topological polar surface area (TPSA) is 100 Å². The minimum Gasteiger partial charge on any atom is -0.480 e. The highest BCUT2D eigenvalue weighted by Gasteiger charge is 2.31. The van der Waals surface area contributed by atoms with Crippen molar-refractivity contribution in [2.24, 2.45) is 5.92 Å². The van der Waals surface area contributed by atoms with Crippen LogP contribution in [-0.4, -0.2) is 53.0 Å². The fourth-order valence-electron chi connectivity index (χ4n) is 3.96. The van der Waals surface area contributed by atoms with Gasteiger partial charge in [0, 0.05) is 13.2 Å². The van der Waals surface area contributed by atoms with Crippen LogP contribution in [0.4, 0.5) is 18.9 Å². The average molecular weight is 520 g/mol. The molecule has 1 atom stereocenters.